The summed E-state index contributed by atoms with van der Waals surface area (Å²) in [7, 11) is 0. The van der Waals surface area contributed by atoms with Crippen molar-refractivity contribution in [3.05, 3.63) is 0 Å². The first-order chi connectivity index (χ1) is 7.53. The highest BCUT2D eigenvalue weighted by molar-refractivity contribution is 4.80. The molecule has 1 fully saturated rings. The summed E-state index contributed by atoms with van der Waals surface area (Å²) in [5, 5.41) is 3.21. The summed E-state index contributed by atoms with van der Waals surface area (Å²) in [4.78, 5) is 1.58. The lowest BCUT2D eigenvalue weighted by molar-refractivity contribution is -0.153. The van der Waals surface area contributed by atoms with Crippen molar-refractivity contribution < 1.29 is 13.2 Å². The molecule has 0 spiro atoms. The first-order valence-electron chi connectivity index (χ1n) is 6.04. The third-order valence-corrected chi connectivity index (χ3v) is 2.94. The Morgan fingerprint density at radius 3 is 2.69 bits per heavy atom. The number of alkyl halides is 3. The van der Waals surface area contributed by atoms with Gasteiger partial charge in [-0.3, -0.25) is 4.90 Å². The molecular weight excluding hydrogens is 217 g/mol. The van der Waals surface area contributed by atoms with Gasteiger partial charge in [-0.15, -0.1) is 0 Å². The predicted octanol–water partition coefficient (Wildman–Crippen LogP) is 2.40. The zero-order chi connectivity index (χ0) is 12.0. The fourth-order valence-electron chi connectivity index (χ4n) is 2.18. The molecule has 1 saturated heterocycles. The van der Waals surface area contributed by atoms with Crippen LogP contribution in [0.1, 0.15) is 32.6 Å². The van der Waals surface area contributed by atoms with Crippen LogP contribution in [0.5, 0.6) is 0 Å². The molecule has 1 atom stereocenters. The zero-order valence-electron chi connectivity index (χ0n) is 9.82. The smallest absolute Gasteiger partial charge is 0.315 e. The SMILES string of the molecule is CCCNCC1CCCCN1CC(F)(F)F. The Morgan fingerprint density at radius 2 is 2.06 bits per heavy atom. The predicted molar refractivity (Wildman–Crippen MR) is 58.4 cm³/mol. The number of nitrogens with zero attached hydrogens (tertiary/aromatic N) is 1. The molecule has 0 radical (unpaired) electrons. The van der Waals surface area contributed by atoms with Crippen molar-refractivity contribution in [2.24, 2.45) is 0 Å². The highest BCUT2D eigenvalue weighted by Crippen LogP contribution is 2.23. The van der Waals surface area contributed by atoms with Crippen LogP contribution < -0.4 is 5.32 Å². The maximum absolute atomic E-state index is 12.3. The van der Waals surface area contributed by atoms with E-state index in [0.717, 1.165) is 32.2 Å². The molecule has 1 N–H and O–H groups in total. The lowest BCUT2D eigenvalue weighted by atomic mass is 10.0. The quantitative estimate of drug-likeness (QED) is 0.740. The van der Waals surface area contributed by atoms with Crippen molar-refractivity contribution in [3.63, 3.8) is 0 Å². The van der Waals surface area contributed by atoms with Gasteiger partial charge in [0.25, 0.3) is 0 Å². The number of rotatable bonds is 5. The second-order valence-corrected chi connectivity index (χ2v) is 4.44. The van der Waals surface area contributed by atoms with E-state index < -0.39 is 12.7 Å². The number of piperidine rings is 1. The first-order valence-corrected chi connectivity index (χ1v) is 6.04. The number of hydrogen-bond donors (Lipinski definition) is 1. The van der Waals surface area contributed by atoms with Crippen LogP contribution in [-0.2, 0) is 0 Å². The summed E-state index contributed by atoms with van der Waals surface area (Å²) in [6.07, 6.45) is -0.230. The molecule has 0 saturated carbocycles. The second-order valence-electron chi connectivity index (χ2n) is 4.44. The molecule has 1 aliphatic rings. The van der Waals surface area contributed by atoms with Crippen LogP contribution in [0.4, 0.5) is 13.2 Å². The van der Waals surface area contributed by atoms with Crippen LogP contribution in [0.3, 0.4) is 0 Å². The molecule has 0 aromatic carbocycles. The summed E-state index contributed by atoms with van der Waals surface area (Å²) < 4.78 is 37.0. The van der Waals surface area contributed by atoms with Gasteiger partial charge in [-0.1, -0.05) is 13.3 Å². The van der Waals surface area contributed by atoms with Gasteiger partial charge in [-0.2, -0.15) is 13.2 Å². The molecule has 16 heavy (non-hydrogen) atoms. The lowest BCUT2D eigenvalue weighted by Crippen LogP contribution is -2.49. The molecule has 0 aromatic rings. The molecule has 1 unspecified atom stereocenters. The maximum atomic E-state index is 12.3. The summed E-state index contributed by atoms with van der Waals surface area (Å²) in [5.41, 5.74) is 0. The van der Waals surface area contributed by atoms with Crippen LogP contribution in [-0.4, -0.2) is 43.3 Å². The van der Waals surface area contributed by atoms with Crippen molar-refractivity contribution >= 4 is 0 Å². The van der Waals surface area contributed by atoms with Crippen LogP contribution in [0.15, 0.2) is 0 Å². The highest BCUT2D eigenvalue weighted by Gasteiger charge is 2.34. The van der Waals surface area contributed by atoms with Crippen molar-refractivity contribution in [3.8, 4) is 0 Å². The van der Waals surface area contributed by atoms with E-state index >= 15 is 0 Å². The maximum Gasteiger partial charge on any atom is 0.401 e. The first kappa shape index (κ1) is 13.8. The fourth-order valence-corrected chi connectivity index (χ4v) is 2.18. The van der Waals surface area contributed by atoms with E-state index in [9.17, 15) is 13.2 Å². The van der Waals surface area contributed by atoms with Gasteiger partial charge in [0.05, 0.1) is 6.54 Å². The van der Waals surface area contributed by atoms with E-state index in [0.29, 0.717) is 13.1 Å². The van der Waals surface area contributed by atoms with Crippen LogP contribution in [0.2, 0.25) is 0 Å². The van der Waals surface area contributed by atoms with Gasteiger partial charge in [0.2, 0.25) is 0 Å². The van der Waals surface area contributed by atoms with Crippen molar-refractivity contribution in [1.29, 1.82) is 0 Å². The molecule has 96 valence electrons. The molecule has 0 aliphatic carbocycles. The number of hydrogen-bond acceptors (Lipinski definition) is 2. The van der Waals surface area contributed by atoms with E-state index in [1.807, 2.05) is 0 Å². The van der Waals surface area contributed by atoms with E-state index in [2.05, 4.69) is 12.2 Å². The van der Waals surface area contributed by atoms with E-state index in [1.54, 1.807) is 4.90 Å². The zero-order valence-corrected chi connectivity index (χ0v) is 9.82. The van der Waals surface area contributed by atoms with Gasteiger partial charge in [0.1, 0.15) is 0 Å². The standard InChI is InChI=1S/C11H21F3N2/c1-2-6-15-8-10-5-3-4-7-16(10)9-11(12,13)14/h10,15H,2-9H2,1H3. The largest absolute Gasteiger partial charge is 0.401 e. The molecule has 0 amide bonds. The number of likely N-dealkylation sites (tertiary alicyclic amines) is 1. The normalized spacial score (nSPS) is 23.6. The van der Waals surface area contributed by atoms with Gasteiger partial charge in [0.15, 0.2) is 0 Å². The lowest BCUT2D eigenvalue weighted by Gasteiger charge is -2.36. The third kappa shape index (κ3) is 5.16. The van der Waals surface area contributed by atoms with Gasteiger partial charge in [0, 0.05) is 12.6 Å². The van der Waals surface area contributed by atoms with Crippen LogP contribution in [0, 0.1) is 0 Å². The van der Waals surface area contributed by atoms with Gasteiger partial charge in [-0.05, 0) is 32.4 Å². The molecule has 1 heterocycles. The molecular formula is C11H21F3N2. The third-order valence-electron chi connectivity index (χ3n) is 2.94. The van der Waals surface area contributed by atoms with E-state index in [-0.39, 0.29) is 6.04 Å². The molecule has 1 aliphatic heterocycles. The van der Waals surface area contributed by atoms with Crippen molar-refractivity contribution in [2.45, 2.75) is 44.8 Å². The number of halogens is 3. The minimum atomic E-state index is -4.07. The Kier molecular flexibility index (Phi) is 5.55. The fraction of sp³-hybridized carbons (Fsp3) is 1.00. The van der Waals surface area contributed by atoms with Crippen molar-refractivity contribution in [1.82, 2.24) is 10.2 Å². The van der Waals surface area contributed by atoms with Crippen molar-refractivity contribution in [2.75, 3.05) is 26.2 Å². The average molecular weight is 238 g/mol. The molecule has 1 rings (SSSR count). The van der Waals surface area contributed by atoms with E-state index in [1.165, 1.54) is 0 Å². The molecule has 0 bridgehead atoms. The average Bonchev–Trinajstić information content (AvgIpc) is 2.19. The summed E-state index contributed by atoms with van der Waals surface area (Å²) >= 11 is 0. The Labute approximate surface area is 95.2 Å². The minimum absolute atomic E-state index is 0.0573. The Hall–Kier alpha value is -0.290. The van der Waals surface area contributed by atoms with E-state index in [4.69, 9.17) is 0 Å². The molecule has 2 nitrogen and oxygen atoms in total. The topological polar surface area (TPSA) is 15.3 Å². The Morgan fingerprint density at radius 1 is 1.31 bits per heavy atom. The van der Waals surface area contributed by atoms with Gasteiger partial charge in [-0.25, -0.2) is 0 Å². The van der Waals surface area contributed by atoms with Crippen LogP contribution >= 0.6 is 0 Å². The number of nitrogens with one attached hydrogen (secondary N) is 1. The van der Waals surface area contributed by atoms with Gasteiger partial charge >= 0.3 is 6.18 Å². The molecule has 0 aromatic heterocycles. The van der Waals surface area contributed by atoms with Crippen LogP contribution in [0.25, 0.3) is 0 Å². The highest BCUT2D eigenvalue weighted by atomic mass is 19.4. The Balaban J connectivity index is 2.37. The summed E-state index contributed by atoms with van der Waals surface area (Å²) in [6.45, 7) is 3.45. The Bertz CT molecular complexity index is 194. The second kappa shape index (κ2) is 6.45. The molecule has 5 heteroatoms. The summed E-state index contributed by atoms with van der Waals surface area (Å²) in [6, 6.07) is 0.0573. The van der Waals surface area contributed by atoms with Gasteiger partial charge < -0.3 is 5.32 Å². The monoisotopic (exact) mass is 238 g/mol. The minimum Gasteiger partial charge on any atom is -0.315 e. The summed E-state index contributed by atoms with van der Waals surface area (Å²) in [5.74, 6) is 0.